The first-order chi connectivity index (χ1) is 9.06. The summed E-state index contributed by atoms with van der Waals surface area (Å²) in [7, 11) is 0. The average molecular weight is 261 g/mol. The number of benzene rings is 1. The molecule has 0 saturated carbocycles. The highest BCUT2D eigenvalue weighted by Gasteiger charge is 2.10. The van der Waals surface area contributed by atoms with E-state index in [1.807, 2.05) is 13.8 Å². The lowest BCUT2D eigenvalue weighted by Crippen LogP contribution is -2.18. The van der Waals surface area contributed by atoms with E-state index in [2.05, 4.69) is 10.4 Å². The number of aromatic nitrogens is 2. The highest BCUT2D eigenvalue weighted by molar-refractivity contribution is 5.91. The number of nitrogens with zero attached hydrogens (tertiary/aromatic N) is 2. The monoisotopic (exact) mass is 261 g/mol. The van der Waals surface area contributed by atoms with Gasteiger partial charge in [0.15, 0.2) is 0 Å². The fourth-order valence-corrected chi connectivity index (χ4v) is 1.84. The van der Waals surface area contributed by atoms with E-state index < -0.39 is 0 Å². The molecule has 1 aromatic heterocycles. The zero-order chi connectivity index (χ0) is 13.8. The van der Waals surface area contributed by atoms with Crippen LogP contribution in [0.15, 0.2) is 36.5 Å². The van der Waals surface area contributed by atoms with Gasteiger partial charge in [0, 0.05) is 12.1 Å². The van der Waals surface area contributed by atoms with Crippen molar-refractivity contribution in [2.45, 2.75) is 26.3 Å². The van der Waals surface area contributed by atoms with Crippen molar-refractivity contribution in [3.63, 3.8) is 0 Å². The minimum absolute atomic E-state index is 0.140. The molecular formula is C14H16FN3O. The molecule has 0 atom stereocenters. The lowest BCUT2D eigenvalue weighted by atomic mass is 10.1. The summed E-state index contributed by atoms with van der Waals surface area (Å²) in [5.41, 5.74) is 0.646. The van der Waals surface area contributed by atoms with Crippen LogP contribution < -0.4 is 5.32 Å². The summed E-state index contributed by atoms with van der Waals surface area (Å²) in [5.74, 6) is 0.127. The molecule has 0 aliphatic rings. The molecule has 0 aliphatic carbocycles. The van der Waals surface area contributed by atoms with Crippen molar-refractivity contribution in [2.75, 3.05) is 5.32 Å². The Balaban J connectivity index is 2.03. The van der Waals surface area contributed by atoms with Crippen LogP contribution in [-0.2, 0) is 11.2 Å². The summed E-state index contributed by atoms with van der Waals surface area (Å²) >= 11 is 0. The van der Waals surface area contributed by atoms with Crippen LogP contribution in [0.5, 0.6) is 0 Å². The maximum atomic E-state index is 13.0. The van der Waals surface area contributed by atoms with Crippen LogP contribution in [0.3, 0.4) is 0 Å². The molecule has 0 fully saturated rings. The molecule has 19 heavy (non-hydrogen) atoms. The highest BCUT2D eigenvalue weighted by Crippen LogP contribution is 2.13. The topological polar surface area (TPSA) is 46.9 Å². The van der Waals surface area contributed by atoms with Gasteiger partial charge in [0.1, 0.15) is 11.6 Å². The molecule has 0 aliphatic heterocycles. The molecular weight excluding hydrogens is 245 g/mol. The van der Waals surface area contributed by atoms with E-state index in [4.69, 9.17) is 0 Å². The summed E-state index contributed by atoms with van der Waals surface area (Å²) in [6, 6.07) is 7.94. The predicted molar refractivity (Wildman–Crippen MR) is 71.3 cm³/mol. The number of anilines is 1. The molecule has 0 spiro atoms. The molecule has 1 heterocycles. The number of hydrogen-bond acceptors (Lipinski definition) is 2. The van der Waals surface area contributed by atoms with E-state index in [1.165, 1.54) is 12.1 Å². The van der Waals surface area contributed by atoms with E-state index in [0.29, 0.717) is 11.4 Å². The Hall–Kier alpha value is -2.17. The highest BCUT2D eigenvalue weighted by atomic mass is 19.1. The molecule has 4 nitrogen and oxygen atoms in total. The van der Waals surface area contributed by atoms with Crippen molar-refractivity contribution in [1.82, 2.24) is 9.78 Å². The Bertz CT molecular complexity index is 578. The fourth-order valence-electron chi connectivity index (χ4n) is 1.84. The number of carbonyl (C=O) groups excluding carboxylic acids is 1. The number of amides is 1. The molecule has 2 aromatic rings. The van der Waals surface area contributed by atoms with Crippen LogP contribution in [0, 0.1) is 5.82 Å². The van der Waals surface area contributed by atoms with Crippen molar-refractivity contribution in [1.29, 1.82) is 0 Å². The first kappa shape index (κ1) is 13.3. The van der Waals surface area contributed by atoms with Crippen LogP contribution in [0.2, 0.25) is 0 Å². The van der Waals surface area contributed by atoms with Crippen molar-refractivity contribution >= 4 is 11.7 Å². The molecule has 1 amide bonds. The normalized spacial score (nSPS) is 10.7. The Kier molecular flexibility index (Phi) is 3.94. The standard InChI is InChI=1S/C14H16FN3O/c1-10(2)18-13(6-7-16-18)17-14(19)9-11-4-3-5-12(15)8-11/h3-8,10H,9H2,1-2H3,(H,17,19). The number of hydrogen-bond donors (Lipinski definition) is 1. The molecule has 0 radical (unpaired) electrons. The molecule has 1 N–H and O–H groups in total. The second kappa shape index (κ2) is 5.65. The van der Waals surface area contributed by atoms with Gasteiger partial charge in [-0.3, -0.25) is 4.79 Å². The van der Waals surface area contributed by atoms with Crippen LogP contribution in [0.25, 0.3) is 0 Å². The lowest BCUT2D eigenvalue weighted by Gasteiger charge is -2.11. The number of carbonyl (C=O) groups is 1. The van der Waals surface area contributed by atoms with Gasteiger partial charge >= 0.3 is 0 Å². The molecule has 1 aromatic carbocycles. The largest absolute Gasteiger partial charge is 0.311 e. The van der Waals surface area contributed by atoms with Gasteiger partial charge in [-0.25, -0.2) is 9.07 Å². The van der Waals surface area contributed by atoms with Crippen LogP contribution in [0.4, 0.5) is 10.2 Å². The van der Waals surface area contributed by atoms with Crippen LogP contribution >= 0.6 is 0 Å². The third-order valence-corrected chi connectivity index (χ3v) is 2.68. The van der Waals surface area contributed by atoms with Gasteiger partial charge in [-0.15, -0.1) is 0 Å². The molecule has 0 bridgehead atoms. The number of rotatable bonds is 4. The molecule has 2 rings (SSSR count). The van der Waals surface area contributed by atoms with Crippen molar-refractivity contribution in [2.24, 2.45) is 0 Å². The van der Waals surface area contributed by atoms with Crippen LogP contribution in [0.1, 0.15) is 25.5 Å². The SMILES string of the molecule is CC(C)n1nccc1NC(=O)Cc1cccc(F)c1. The molecule has 100 valence electrons. The maximum Gasteiger partial charge on any atom is 0.229 e. The zero-order valence-corrected chi connectivity index (χ0v) is 10.9. The quantitative estimate of drug-likeness (QED) is 0.920. The summed E-state index contributed by atoms with van der Waals surface area (Å²) in [5, 5.41) is 6.91. The molecule has 0 unspecified atom stereocenters. The van der Waals surface area contributed by atoms with Gasteiger partial charge in [-0.2, -0.15) is 5.10 Å². The van der Waals surface area contributed by atoms with Gasteiger partial charge in [0.05, 0.1) is 12.6 Å². The van der Waals surface area contributed by atoms with E-state index in [9.17, 15) is 9.18 Å². The van der Waals surface area contributed by atoms with E-state index >= 15 is 0 Å². The number of halogens is 1. The van der Waals surface area contributed by atoms with E-state index in [0.717, 1.165) is 0 Å². The smallest absolute Gasteiger partial charge is 0.229 e. The third-order valence-electron chi connectivity index (χ3n) is 2.68. The van der Waals surface area contributed by atoms with Crippen LogP contribution in [-0.4, -0.2) is 15.7 Å². The van der Waals surface area contributed by atoms with Gasteiger partial charge < -0.3 is 5.32 Å². The molecule has 0 saturated heterocycles. The minimum atomic E-state index is -0.336. The first-order valence-corrected chi connectivity index (χ1v) is 6.14. The van der Waals surface area contributed by atoms with Gasteiger partial charge in [-0.05, 0) is 31.5 Å². The minimum Gasteiger partial charge on any atom is -0.311 e. The Labute approximate surface area is 111 Å². The summed E-state index contributed by atoms with van der Waals surface area (Å²) in [4.78, 5) is 11.9. The lowest BCUT2D eigenvalue weighted by molar-refractivity contribution is -0.115. The summed E-state index contributed by atoms with van der Waals surface area (Å²) in [6.07, 6.45) is 1.78. The van der Waals surface area contributed by atoms with E-state index in [-0.39, 0.29) is 24.2 Å². The Morgan fingerprint density at radius 1 is 1.42 bits per heavy atom. The van der Waals surface area contributed by atoms with Gasteiger partial charge in [0.2, 0.25) is 5.91 Å². The van der Waals surface area contributed by atoms with Gasteiger partial charge in [-0.1, -0.05) is 12.1 Å². The summed E-state index contributed by atoms with van der Waals surface area (Å²) in [6.45, 7) is 3.96. The predicted octanol–water partition coefficient (Wildman–Crippen LogP) is 2.78. The Morgan fingerprint density at radius 2 is 2.21 bits per heavy atom. The third kappa shape index (κ3) is 3.40. The van der Waals surface area contributed by atoms with E-state index in [1.54, 1.807) is 29.1 Å². The summed E-state index contributed by atoms with van der Waals surface area (Å²) < 4.78 is 14.7. The van der Waals surface area contributed by atoms with Crippen molar-refractivity contribution < 1.29 is 9.18 Å². The second-order valence-corrected chi connectivity index (χ2v) is 4.61. The Morgan fingerprint density at radius 3 is 2.89 bits per heavy atom. The number of nitrogens with one attached hydrogen (secondary N) is 1. The second-order valence-electron chi connectivity index (χ2n) is 4.61. The van der Waals surface area contributed by atoms with Crippen molar-refractivity contribution in [3.8, 4) is 0 Å². The first-order valence-electron chi connectivity index (χ1n) is 6.14. The fraction of sp³-hybridized carbons (Fsp3) is 0.286. The maximum absolute atomic E-state index is 13.0. The molecule has 5 heteroatoms. The average Bonchev–Trinajstić information content (AvgIpc) is 2.76. The van der Waals surface area contributed by atoms with Gasteiger partial charge in [0.25, 0.3) is 0 Å². The zero-order valence-electron chi connectivity index (χ0n) is 10.9. The van der Waals surface area contributed by atoms with Crippen molar-refractivity contribution in [3.05, 3.63) is 47.9 Å².